The van der Waals surface area contributed by atoms with Gasteiger partial charge in [-0.15, -0.1) is 10.2 Å². The number of carbonyl (C=O) groups is 1. The topological polar surface area (TPSA) is 103 Å². The third-order valence-electron chi connectivity index (χ3n) is 5.48. The molecule has 2 aromatic carbocycles. The fourth-order valence-corrected chi connectivity index (χ4v) is 3.76. The molecule has 1 amide bonds. The van der Waals surface area contributed by atoms with Crippen molar-refractivity contribution in [2.24, 2.45) is 0 Å². The average molecular weight is 454 g/mol. The van der Waals surface area contributed by atoms with Crippen LogP contribution in [0.5, 0.6) is 11.5 Å². The Labute approximate surface area is 196 Å². The maximum atomic E-state index is 12.8. The molecule has 5 rings (SSSR count). The molecule has 34 heavy (non-hydrogen) atoms. The summed E-state index contributed by atoms with van der Waals surface area (Å²) >= 11 is 0. The zero-order valence-electron chi connectivity index (χ0n) is 18.6. The molecule has 170 valence electrons. The molecule has 0 bridgehead atoms. The minimum atomic E-state index is -0.244. The lowest BCUT2D eigenvalue weighted by atomic mass is 10.0. The molecular weight excluding hydrogens is 432 g/mol. The van der Waals surface area contributed by atoms with Crippen molar-refractivity contribution in [3.05, 3.63) is 90.0 Å². The third-order valence-corrected chi connectivity index (χ3v) is 5.48. The lowest BCUT2D eigenvalue weighted by Crippen LogP contribution is -2.24. The van der Waals surface area contributed by atoms with Crippen LogP contribution in [0.3, 0.4) is 0 Å². The summed E-state index contributed by atoms with van der Waals surface area (Å²) in [6, 6.07) is 16.4. The number of nitrogens with one attached hydrogen (secondary N) is 2. The van der Waals surface area contributed by atoms with Crippen LogP contribution in [-0.2, 0) is 0 Å². The number of hydrogen-bond donors (Lipinski definition) is 2. The van der Waals surface area contributed by atoms with Crippen molar-refractivity contribution in [3.63, 3.8) is 0 Å². The number of amides is 1. The summed E-state index contributed by atoms with van der Waals surface area (Å²) in [7, 11) is 3.09. The van der Waals surface area contributed by atoms with Crippen molar-refractivity contribution >= 4 is 17.7 Å². The molecule has 2 aromatic heterocycles. The third kappa shape index (κ3) is 4.06. The van der Waals surface area contributed by atoms with Gasteiger partial charge in [-0.2, -0.15) is 0 Å². The van der Waals surface area contributed by atoms with Crippen molar-refractivity contribution in [3.8, 4) is 22.9 Å². The molecule has 9 heteroatoms. The van der Waals surface area contributed by atoms with E-state index in [1.165, 1.54) is 7.11 Å². The number of ether oxygens (including phenoxy) is 2. The predicted octanol–water partition coefficient (Wildman–Crippen LogP) is 3.92. The molecule has 3 heterocycles. The number of anilines is 1. The van der Waals surface area contributed by atoms with E-state index in [4.69, 9.17) is 9.47 Å². The van der Waals surface area contributed by atoms with E-state index in [1.54, 1.807) is 37.7 Å². The van der Waals surface area contributed by atoms with E-state index < -0.39 is 0 Å². The first-order valence-corrected chi connectivity index (χ1v) is 10.6. The minimum Gasteiger partial charge on any atom is -0.493 e. The van der Waals surface area contributed by atoms with Crippen LogP contribution in [0.1, 0.15) is 27.8 Å². The number of methoxy groups -OCH3 is 2. The average Bonchev–Trinajstić information content (AvgIpc) is 3.32. The van der Waals surface area contributed by atoms with Crippen LogP contribution >= 0.6 is 0 Å². The largest absolute Gasteiger partial charge is 0.493 e. The number of nitrogens with zero attached hydrogens (tertiary/aromatic N) is 4. The Kier molecular flexibility index (Phi) is 5.65. The monoisotopic (exact) mass is 454 g/mol. The highest BCUT2D eigenvalue weighted by atomic mass is 16.5. The van der Waals surface area contributed by atoms with Crippen LogP contribution in [0.15, 0.2) is 73.1 Å². The standard InChI is InChI=1S/C25H22N6O3/c1-33-21-8-6-18(15-22(21)34-2)25(32)27-19-5-3-4-17(14-19)20-7-9-23-28-29-24(31(23)30-20)16-10-12-26-13-11-16/h3-15,20,30H,1-2H3,(H,27,32). The van der Waals surface area contributed by atoms with E-state index in [-0.39, 0.29) is 11.9 Å². The van der Waals surface area contributed by atoms with E-state index in [0.717, 1.165) is 11.1 Å². The lowest BCUT2D eigenvalue weighted by Gasteiger charge is -2.23. The molecule has 0 spiro atoms. The Morgan fingerprint density at radius 3 is 2.62 bits per heavy atom. The number of aromatic nitrogens is 4. The lowest BCUT2D eigenvalue weighted by molar-refractivity contribution is 0.102. The zero-order chi connectivity index (χ0) is 23.5. The molecule has 2 N–H and O–H groups in total. The predicted molar refractivity (Wildman–Crippen MR) is 128 cm³/mol. The maximum Gasteiger partial charge on any atom is 0.255 e. The Morgan fingerprint density at radius 1 is 1.00 bits per heavy atom. The van der Waals surface area contributed by atoms with Crippen LogP contribution < -0.4 is 20.2 Å². The molecule has 0 aliphatic carbocycles. The van der Waals surface area contributed by atoms with Gasteiger partial charge in [0.25, 0.3) is 5.91 Å². The summed E-state index contributed by atoms with van der Waals surface area (Å²) < 4.78 is 12.4. The second-order valence-electron chi connectivity index (χ2n) is 7.57. The number of pyridine rings is 1. The van der Waals surface area contributed by atoms with Gasteiger partial charge in [0.2, 0.25) is 0 Å². The highest BCUT2D eigenvalue weighted by Gasteiger charge is 2.20. The second-order valence-corrected chi connectivity index (χ2v) is 7.57. The smallest absolute Gasteiger partial charge is 0.255 e. The summed E-state index contributed by atoms with van der Waals surface area (Å²) in [4.78, 5) is 16.9. The van der Waals surface area contributed by atoms with E-state index >= 15 is 0 Å². The van der Waals surface area contributed by atoms with Gasteiger partial charge in [-0.05, 0) is 54.1 Å². The SMILES string of the molecule is COc1ccc(C(=O)Nc2cccc(C3C=Cc4nnc(-c5ccncc5)n4N3)c2)cc1OC. The fourth-order valence-electron chi connectivity index (χ4n) is 3.76. The van der Waals surface area contributed by atoms with Crippen molar-refractivity contribution < 1.29 is 14.3 Å². The van der Waals surface area contributed by atoms with Gasteiger partial charge in [-0.3, -0.25) is 9.78 Å². The van der Waals surface area contributed by atoms with Crippen LogP contribution in [0.2, 0.25) is 0 Å². The molecule has 0 saturated heterocycles. The second kappa shape index (κ2) is 9.07. The molecule has 4 aromatic rings. The number of carbonyl (C=O) groups excluding carboxylic acids is 1. The summed E-state index contributed by atoms with van der Waals surface area (Å²) in [5.41, 5.74) is 6.47. The van der Waals surface area contributed by atoms with Gasteiger partial charge in [-0.1, -0.05) is 18.2 Å². The number of hydrogen-bond acceptors (Lipinski definition) is 7. The van der Waals surface area contributed by atoms with Gasteiger partial charge in [-0.25, -0.2) is 4.68 Å². The molecule has 0 radical (unpaired) electrons. The van der Waals surface area contributed by atoms with Gasteiger partial charge < -0.3 is 20.2 Å². The highest BCUT2D eigenvalue weighted by molar-refractivity contribution is 6.04. The summed E-state index contributed by atoms with van der Waals surface area (Å²) in [6.45, 7) is 0. The van der Waals surface area contributed by atoms with Crippen LogP contribution in [0, 0.1) is 0 Å². The van der Waals surface area contributed by atoms with Crippen molar-refractivity contribution in [1.29, 1.82) is 0 Å². The van der Waals surface area contributed by atoms with Gasteiger partial charge in [0, 0.05) is 29.2 Å². The molecule has 1 unspecified atom stereocenters. The highest BCUT2D eigenvalue weighted by Crippen LogP contribution is 2.29. The molecule has 1 aliphatic heterocycles. The Balaban J connectivity index is 1.36. The van der Waals surface area contributed by atoms with Gasteiger partial charge >= 0.3 is 0 Å². The van der Waals surface area contributed by atoms with E-state index in [1.807, 2.05) is 53.2 Å². The Morgan fingerprint density at radius 2 is 1.82 bits per heavy atom. The van der Waals surface area contributed by atoms with Gasteiger partial charge in [0.05, 0.1) is 20.3 Å². The van der Waals surface area contributed by atoms with E-state index in [0.29, 0.717) is 34.4 Å². The molecular formula is C25H22N6O3. The quantitative estimate of drug-likeness (QED) is 0.455. The van der Waals surface area contributed by atoms with Crippen LogP contribution in [0.25, 0.3) is 17.5 Å². The Hall–Kier alpha value is -4.66. The van der Waals surface area contributed by atoms with Crippen LogP contribution in [-0.4, -0.2) is 40.0 Å². The maximum absolute atomic E-state index is 12.8. The van der Waals surface area contributed by atoms with Gasteiger partial charge in [0.15, 0.2) is 23.1 Å². The molecule has 0 fully saturated rings. The molecule has 0 saturated carbocycles. The normalized spacial score (nSPS) is 14.1. The first kappa shape index (κ1) is 21.2. The summed E-state index contributed by atoms with van der Waals surface area (Å²) in [5.74, 6) is 2.22. The molecule has 1 atom stereocenters. The first-order valence-electron chi connectivity index (χ1n) is 10.6. The van der Waals surface area contributed by atoms with Crippen molar-refractivity contribution in [2.45, 2.75) is 6.04 Å². The number of rotatable bonds is 6. The van der Waals surface area contributed by atoms with Crippen LogP contribution in [0.4, 0.5) is 5.69 Å². The Bertz CT molecular complexity index is 1370. The fraction of sp³-hybridized carbons (Fsp3) is 0.120. The van der Waals surface area contributed by atoms with E-state index in [9.17, 15) is 4.79 Å². The summed E-state index contributed by atoms with van der Waals surface area (Å²) in [5, 5.41) is 11.5. The molecule has 9 nitrogen and oxygen atoms in total. The van der Waals surface area contributed by atoms with E-state index in [2.05, 4.69) is 25.9 Å². The van der Waals surface area contributed by atoms with Crippen molar-refractivity contribution in [2.75, 3.05) is 25.0 Å². The van der Waals surface area contributed by atoms with Crippen molar-refractivity contribution in [1.82, 2.24) is 19.9 Å². The summed E-state index contributed by atoms with van der Waals surface area (Å²) in [6.07, 6.45) is 7.37. The molecule has 1 aliphatic rings. The van der Waals surface area contributed by atoms with Gasteiger partial charge in [0.1, 0.15) is 0 Å². The number of benzene rings is 2. The first-order chi connectivity index (χ1) is 16.7. The number of fused-ring (bicyclic) bond motifs is 1. The minimum absolute atomic E-state index is 0.137. The zero-order valence-corrected chi connectivity index (χ0v) is 18.6.